The Balaban J connectivity index is 1.87. The third-order valence-electron chi connectivity index (χ3n) is 3.67. The van der Waals surface area contributed by atoms with Crippen molar-refractivity contribution in [3.05, 3.63) is 11.8 Å². The predicted molar refractivity (Wildman–Crippen MR) is 81.3 cm³/mol. The third kappa shape index (κ3) is 4.63. The molecule has 1 aromatic rings. The summed E-state index contributed by atoms with van der Waals surface area (Å²) in [6.45, 7) is 8.08. The highest BCUT2D eigenvalue weighted by Crippen LogP contribution is 2.17. The molecule has 1 aliphatic heterocycles. The zero-order chi connectivity index (χ0) is 14.4. The van der Waals surface area contributed by atoms with Crippen molar-refractivity contribution >= 4 is 5.95 Å². The first-order chi connectivity index (χ1) is 9.67. The van der Waals surface area contributed by atoms with E-state index in [1.807, 2.05) is 13.0 Å². The molecule has 5 heteroatoms. The van der Waals surface area contributed by atoms with Gasteiger partial charge in [-0.05, 0) is 52.2 Å². The molecule has 0 aliphatic carbocycles. The van der Waals surface area contributed by atoms with Crippen molar-refractivity contribution in [3.63, 3.8) is 0 Å². The van der Waals surface area contributed by atoms with Crippen LogP contribution in [-0.2, 0) is 0 Å². The van der Waals surface area contributed by atoms with Crippen LogP contribution in [0.4, 0.5) is 5.95 Å². The maximum atomic E-state index is 5.58. The molecule has 0 atom stereocenters. The van der Waals surface area contributed by atoms with Crippen LogP contribution >= 0.6 is 0 Å². The molecule has 0 amide bonds. The van der Waals surface area contributed by atoms with E-state index in [2.05, 4.69) is 34.2 Å². The van der Waals surface area contributed by atoms with Gasteiger partial charge in [-0.1, -0.05) is 6.92 Å². The number of aryl methyl sites for hydroxylation is 1. The summed E-state index contributed by atoms with van der Waals surface area (Å²) in [5, 5.41) is 3.37. The van der Waals surface area contributed by atoms with Gasteiger partial charge in [-0.15, -0.1) is 0 Å². The number of ether oxygens (including phenoxy) is 1. The lowest BCUT2D eigenvalue weighted by Gasteiger charge is -2.28. The molecule has 5 nitrogen and oxygen atoms in total. The molecule has 2 heterocycles. The molecule has 1 aromatic heterocycles. The lowest BCUT2D eigenvalue weighted by molar-refractivity contribution is 0.226. The SMILES string of the molecule is CCCOc1cc(C)nc(NCC2CCN(C)CC2)n1. The first-order valence-electron chi connectivity index (χ1n) is 7.58. The number of aromatic nitrogens is 2. The Bertz CT molecular complexity index is 416. The van der Waals surface area contributed by atoms with E-state index in [0.29, 0.717) is 18.4 Å². The molecule has 0 spiro atoms. The summed E-state index contributed by atoms with van der Waals surface area (Å²) in [7, 11) is 2.19. The van der Waals surface area contributed by atoms with Gasteiger partial charge in [-0.3, -0.25) is 0 Å². The topological polar surface area (TPSA) is 50.3 Å². The van der Waals surface area contributed by atoms with Crippen LogP contribution in [-0.4, -0.2) is 48.2 Å². The number of rotatable bonds is 6. The lowest BCUT2D eigenvalue weighted by atomic mass is 9.97. The van der Waals surface area contributed by atoms with Crippen LogP contribution in [0, 0.1) is 12.8 Å². The Hall–Kier alpha value is -1.36. The molecule has 0 aromatic carbocycles. The number of likely N-dealkylation sites (tertiary alicyclic amines) is 1. The molecular weight excluding hydrogens is 252 g/mol. The van der Waals surface area contributed by atoms with Gasteiger partial charge in [0.1, 0.15) is 0 Å². The van der Waals surface area contributed by atoms with Crippen molar-refractivity contribution in [3.8, 4) is 5.88 Å². The first-order valence-corrected chi connectivity index (χ1v) is 7.58. The van der Waals surface area contributed by atoms with E-state index < -0.39 is 0 Å². The number of anilines is 1. The van der Waals surface area contributed by atoms with E-state index in [1.165, 1.54) is 25.9 Å². The fourth-order valence-corrected chi connectivity index (χ4v) is 2.40. The molecule has 0 radical (unpaired) electrons. The standard InChI is InChI=1S/C15H26N4O/c1-4-9-20-14-10-12(2)17-15(18-14)16-11-13-5-7-19(3)8-6-13/h10,13H,4-9,11H2,1-3H3,(H,16,17,18). The summed E-state index contributed by atoms with van der Waals surface area (Å²) in [5.74, 6) is 2.08. The number of piperidine rings is 1. The summed E-state index contributed by atoms with van der Waals surface area (Å²) >= 11 is 0. The molecule has 2 rings (SSSR count). The molecular formula is C15H26N4O. The Morgan fingerprint density at radius 3 is 2.80 bits per heavy atom. The van der Waals surface area contributed by atoms with E-state index >= 15 is 0 Å². The van der Waals surface area contributed by atoms with Crippen LogP contribution in [0.3, 0.4) is 0 Å². The predicted octanol–water partition coefficient (Wildman–Crippen LogP) is 2.33. The van der Waals surface area contributed by atoms with Crippen molar-refractivity contribution in [1.82, 2.24) is 14.9 Å². The van der Waals surface area contributed by atoms with Crippen molar-refractivity contribution in [2.24, 2.45) is 5.92 Å². The molecule has 0 unspecified atom stereocenters. The minimum Gasteiger partial charge on any atom is -0.478 e. The number of hydrogen-bond donors (Lipinski definition) is 1. The lowest BCUT2D eigenvalue weighted by Crippen LogP contribution is -2.33. The molecule has 0 saturated carbocycles. The van der Waals surface area contributed by atoms with Crippen LogP contribution in [0.5, 0.6) is 5.88 Å². The van der Waals surface area contributed by atoms with Gasteiger partial charge < -0.3 is 15.0 Å². The molecule has 20 heavy (non-hydrogen) atoms. The number of hydrogen-bond acceptors (Lipinski definition) is 5. The van der Waals surface area contributed by atoms with E-state index in [9.17, 15) is 0 Å². The van der Waals surface area contributed by atoms with Crippen LogP contribution < -0.4 is 10.1 Å². The average Bonchev–Trinajstić information content (AvgIpc) is 2.44. The van der Waals surface area contributed by atoms with Gasteiger partial charge in [-0.2, -0.15) is 4.98 Å². The summed E-state index contributed by atoms with van der Waals surface area (Å²) in [5.41, 5.74) is 0.942. The minimum atomic E-state index is 0.672. The fraction of sp³-hybridized carbons (Fsp3) is 0.733. The van der Waals surface area contributed by atoms with E-state index in [1.54, 1.807) is 0 Å². The second kappa shape index (κ2) is 7.43. The normalized spacial score (nSPS) is 17.1. The Kier molecular flexibility index (Phi) is 5.59. The van der Waals surface area contributed by atoms with Gasteiger partial charge in [-0.25, -0.2) is 4.98 Å². The van der Waals surface area contributed by atoms with Crippen molar-refractivity contribution in [1.29, 1.82) is 0 Å². The van der Waals surface area contributed by atoms with Gasteiger partial charge in [0, 0.05) is 18.3 Å². The van der Waals surface area contributed by atoms with Crippen molar-refractivity contribution in [2.75, 3.05) is 38.6 Å². The Labute approximate surface area is 121 Å². The smallest absolute Gasteiger partial charge is 0.226 e. The fourth-order valence-electron chi connectivity index (χ4n) is 2.40. The molecule has 1 N–H and O–H groups in total. The van der Waals surface area contributed by atoms with Crippen LogP contribution in [0.15, 0.2) is 6.07 Å². The van der Waals surface area contributed by atoms with Gasteiger partial charge >= 0.3 is 0 Å². The summed E-state index contributed by atoms with van der Waals surface area (Å²) < 4.78 is 5.58. The van der Waals surface area contributed by atoms with Crippen LogP contribution in [0.25, 0.3) is 0 Å². The molecule has 0 bridgehead atoms. The molecule has 1 fully saturated rings. The zero-order valence-electron chi connectivity index (χ0n) is 12.9. The quantitative estimate of drug-likeness (QED) is 0.865. The van der Waals surface area contributed by atoms with Gasteiger partial charge in [0.25, 0.3) is 0 Å². The van der Waals surface area contributed by atoms with Crippen molar-refractivity contribution < 1.29 is 4.74 Å². The molecule has 112 valence electrons. The van der Waals surface area contributed by atoms with Crippen LogP contribution in [0.2, 0.25) is 0 Å². The highest BCUT2D eigenvalue weighted by molar-refractivity contribution is 5.30. The molecule has 1 saturated heterocycles. The van der Waals surface area contributed by atoms with E-state index in [4.69, 9.17) is 4.74 Å². The van der Waals surface area contributed by atoms with Crippen molar-refractivity contribution in [2.45, 2.75) is 33.1 Å². The largest absolute Gasteiger partial charge is 0.478 e. The Morgan fingerprint density at radius 1 is 1.35 bits per heavy atom. The van der Waals surface area contributed by atoms with Crippen LogP contribution in [0.1, 0.15) is 31.9 Å². The van der Waals surface area contributed by atoms with Gasteiger partial charge in [0.05, 0.1) is 6.61 Å². The number of nitrogens with zero attached hydrogens (tertiary/aromatic N) is 3. The third-order valence-corrected chi connectivity index (χ3v) is 3.67. The van der Waals surface area contributed by atoms with E-state index in [-0.39, 0.29) is 0 Å². The molecule has 1 aliphatic rings. The maximum absolute atomic E-state index is 5.58. The van der Waals surface area contributed by atoms with Gasteiger partial charge in [0.2, 0.25) is 11.8 Å². The summed E-state index contributed by atoms with van der Waals surface area (Å²) in [4.78, 5) is 11.2. The minimum absolute atomic E-state index is 0.672. The summed E-state index contributed by atoms with van der Waals surface area (Å²) in [6.07, 6.45) is 3.48. The van der Waals surface area contributed by atoms with E-state index in [0.717, 1.165) is 24.6 Å². The highest BCUT2D eigenvalue weighted by Gasteiger charge is 2.16. The average molecular weight is 278 g/mol. The maximum Gasteiger partial charge on any atom is 0.226 e. The van der Waals surface area contributed by atoms with Gasteiger partial charge in [0.15, 0.2) is 0 Å². The Morgan fingerprint density at radius 2 is 2.10 bits per heavy atom. The second-order valence-corrected chi connectivity index (χ2v) is 5.65. The zero-order valence-corrected chi connectivity index (χ0v) is 12.9. The first kappa shape index (κ1) is 15.0. The highest BCUT2D eigenvalue weighted by atomic mass is 16.5. The monoisotopic (exact) mass is 278 g/mol. The number of nitrogens with one attached hydrogen (secondary N) is 1. The second-order valence-electron chi connectivity index (χ2n) is 5.65. The summed E-state index contributed by atoms with van der Waals surface area (Å²) in [6, 6.07) is 1.89.